The summed E-state index contributed by atoms with van der Waals surface area (Å²) < 4.78 is 27.3. The van der Waals surface area contributed by atoms with Crippen LogP contribution in [0.4, 0.5) is 11.4 Å². The molecule has 3 aromatic rings. The summed E-state index contributed by atoms with van der Waals surface area (Å²) in [5.41, 5.74) is 0.995. The molecule has 27 heavy (non-hydrogen) atoms. The van der Waals surface area contributed by atoms with E-state index in [1.54, 1.807) is 54.6 Å². The van der Waals surface area contributed by atoms with Crippen molar-refractivity contribution in [2.75, 3.05) is 16.2 Å². The van der Waals surface area contributed by atoms with Crippen molar-refractivity contribution >= 4 is 38.9 Å². The molecule has 0 aliphatic rings. The number of rotatable bonds is 6. The molecule has 1 N–H and O–H groups in total. The number of carbonyl (C=O) groups excluding carboxylic acids is 1. The van der Waals surface area contributed by atoms with Crippen LogP contribution in [-0.2, 0) is 14.8 Å². The van der Waals surface area contributed by atoms with Crippen LogP contribution in [0.2, 0.25) is 5.02 Å². The van der Waals surface area contributed by atoms with Crippen LogP contribution in [0.15, 0.2) is 89.8 Å². The lowest BCUT2D eigenvalue weighted by atomic mass is 10.3. The van der Waals surface area contributed by atoms with E-state index < -0.39 is 15.9 Å². The Morgan fingerprint density at radius 2 is 1.41 bits per heavy atom. The molecule has 0 fully saturated rings. The maximum absolute atomic E-state index is 13.1. The Hall–Kier alpha value is -2.83. The molecule has 0 spiro atoms. The molecular formula is C20H17ClN2O3S. The van der Waals surface area contributed by atoms with Crippen LogP contribution in [0.25, 0.3) is 0 Å². The van der Waals surface area contributed by atoms with Gasteiger partial charge in [0.1, 0.15) is 6.54 Å². The highest BCUT2D eigenvalue weighted by molar-refractivity contribution is 7.92. The van der Waals surface area contributed by atoms with Crippen molar-refractivity contribution in [3.63, 3.8) is 0 Å². The maximum atomic E-state index is 13.1. The highest BCUT2D eigenvalue weighted by Gasteiger charge is 2.27. The molecule has 3 aromatic carbocycles. The Bertz CT molecular complexity index is 1010. The number of hydrogen-bond acceptors (Lipinski definition) is 3. The minimum absolute atomic E-state index is 0.0586. The molecule has 0 heterocycles. The Morgan fingerprint density at radius 3 is 2.00 bits per heavy atom. The molecule has 0 saturated carbocycles. The predicted molar refractivity (Wildman–Crippen MR) is 107 cm³/mol. The molecular weight excluding hydrogens is 384 g/mol. The summed E-state index contributed by atoms with van der Waals surface area (Å²) in [4.78, 5) is 12.5. The van der Waals surface area contributed by atoms with E-state index in [2.05, 4.69) is 5.32 Å². The average molecular weight is 401 g/mol. The van der Waals surface area contributed by atoms with E-state index in [-0.39, 0.29) is 11.4 Å². The van der Waals surface area contributed by atoms with Crippen molar-refractivity contribution < 1.29 is 13.2 Å². The van der Waals surface area contributed by atoms with Gasteiger partial charge in [-0.1, -0.05) is 48.0 Å². The van der Waals surface area contributed by atoms with Gasteiger partial charge in [-0.3, -0.25) is 9.10 Å². The SMILES string of the molecule is O=C(CN(c1ccccc1)S(=O)(=O)c1ccc(Cl)cc1)Nc1ccccc1. The van der Waals surface area contributed by atoms with Crippen molar-refractivity contribution in [2.45, 2.75) is 4.90 Å². The van der Waals surface area contributed by atoms with Crippen molar-refractivity contribution in [1.29, 1.82) is 0 Å². The third-order valence-electron chi connectivity index (χ3n) is 3.79. The van der Waals surface area contributed by atoms with Crippen LogP contribution in [0.3, 0.4) is 0 Å². The molecule has 1 amide bonds. The lowest BCUT2D eigenvalue weighted by molar-refractivity contribution is -0.114. The van der Waals surface area contributed by atoms with Crippen molar-refractivity contribution in [3.05, 3.63) is 90.0 Å². The number of amides is 1. The van der Waals surface area contributed by atoms with Crippen molar-refractivity contribution in [3.8, 4) is 0 Å². The quantitative estimate of drug-likeness (QED) is 0.675. The second kappa shape index (κ2) is 8.24. The Kier molecular flexibility index (Phi) is 5.78. The summed E-state index contributed by atoms with van der Waals surface area (Å²) in [6.45, 7) is -0.357. The topological polar surface area (TPSA) is 66.5 Å². The third kappa shape index (κ3) is 4.67. The third-order valence-corrected chi connectivity index (χ3v) is 5.83. The standard InChI is InChI=1S/C20H17ClN2O3S/c21-16-11-13-19(14-12-16)27(25,26)23(18-9-5-2-6-10-18)15-20(24)22-17-7-3-1-4-8-17/h1-14H,15H2,(H,22,24). The summed E-state index contributed by atoms with van der Waals surface area (Å²) in [6, 6.07) is 23.2. The molecule has 5 nitrogen and oxygen atoms in total. The van der Waals surface area contributed by atoms with Crippen LogP contribution in [-0.4, -0.2) is 20.9 Å². The molecule has 0 aromatic heterocycles. The zero-order valence-corrected chi connectivity index (χ0v) is 15.8. The smallest absolute Gasteiger partial charge is 0.264 e. The van der Waals surface area contributed by atoms with Gasteiger partial charge >= 0.3 is 0 Å². The van der Waals surface area contributed by atoms with E-state index in [1.165, 1.54) is 24.3 Å². The fourth-order valence-electron chi connectivity index (χ4n) is 2.50. The molecule has 0 radical (unpaired) electrons. The minimum Gasteiger partial charge on any atom is -0.325 e. The largest absolute Gasteiger partial charge is 0.325 e. The molecule has 3 rings (SSSR count). The second-order valence-corrected chi connectivity index (χ2v) is 8.01. The first kappa shape index (κ1) is 18.9. The van der Waals surface area contributed by atoms with Gasteiger partial charge in [0.05, 0.1) is 10.6 Å². The van der Waals surface area contributed by atoms with Crippen LogP contribution < -0.4 is 9.62 Å². The first-order valence-electron chi connectivity index (χ1n) is 8.15. The molecule has 0 saturated heterocycles. The zero-order valence-electron chi connectivity index (χ0n) is 14.2. The van der Waals surface area contributed by atoms with Gasteiger partial charge in [-0.2, -0.15) is 0 Å². The molecule has 0 unspecified atom stereocenters. The summed E-state index contributed by atoms with van der Waals surface area (Å²) in [5, 5.41) is 3.14. The number of nitrogens with zero attached hydrogens (tertiary/aromatic N) is 1. The number of carbonyl (C=O) groups is 1. The van der Waals surface area contributed by atoms with Crippen LogP contribution in [0.1, 0.15) is 0 Å². The van der Waals surface area contributed by atoms with E-state index >= 15 is 0 Å². The van der Waals surface area contributed by atoms with Gasteiger partial charge in [0.25, 0.3) is 10.0 Å². The number of nitrogens with one attached hydrogen (secondary N) is 1. The summed E-state index contributed by atoms with van der Waals surface area (Å²) in [7, 11) is -3.94. The van der Waals surface area contributed by atoms with Gasteiger partial charge in [0, 0.05) is 10.7 Å². The first-order chi connectivity index (χ1) is 13.0. The van der Waals surface area contributed by atoms with Gasteiger partial charge in [0.15, 0.2) is 0 Å². The summed E-state index contributed by atoms with van der Waals surface area (Å²) in [5.74, 6) is -0.442. The Morgan fingerprint density at radius 1 is 0.852 bits per heavy atom. The summed E-state index contributed by atoms with van der Waals surface area (Å²) >= 11 is 5.86. The fourth-order valence-corrected chi connectivity index (χ4v) is 4.04. The summed E-state index contributed by atoms with van der Waals surface area (Å²) in [6.07, 6.45) is 0. The first-order valence-corrected chi connectivity index (χ1v) is 9.97. The number of benzene rings is 3. The number of para-hydroxylation sites is 2. The highest BCUT2D eigenvalue weighted by atomic mass is 35.5. The minimum atomic E-state index is -3.94. The van der Waals surface area contributed by atoms with Crippen LogP contribution in [0.5, 0.6) is 0 Å². The predicted octanol–water partition coefficient (Wildman–Crippen LogP) is 4.17. The number of anilines is 2. The average Bonchev–Trinajstić information content (AvgIpc) is 2.68. The van der Waals surface area contributed by atoms with E-state index in [1.807, 2.05) is 6.07 Å². The normalized spacial score (nSPS) is 11.0. The number of halogens is 1. The van der Waals surface area contributed by atoms with Crippen molar-refractivity contribution in [1.82, 2.24) is 0 Å². The number of hydrogen-bond donors (Lipinski definition) is 1. The lowest BCUT2D eigenvalue weighted by Gasteiger charge is -2.24. The fraction of sp³-hybridized carbons (Fsp3) is 0.0500. The molecule has 138 valence electrons. The van der Waals surface area contributed by atoms with Gasteiger partial charge in [-0.05, 0) is 48.5 Å². The molecule has 0 aliphatic heterocycles. The van der Waals surface area contributed by atoms with Gasteiger partial charge in [0.2, 0.25) is 5.91 Å². The molecule has 0 aliphatic carbocycles. The Labute approximate surface area is 163 Å². The van der Waals surface area contributed by atoms with Crippen LogP contribution >= 0.6 is 11.6 Å². The zero-order chi connectivity index (χ0) is 19.3. The van der Waals surface area contributed by atoms with Crippen molar-refractivity contribution in [2.24, 2.45) is 0 Å². The second-order valence-electron chi connectivity index (χ2n) is 5.72. The van der Waals surface area contributed by atoms with Crippen LogP contribution in [0, 0.1) is 0 Å². The van der Waals surface area contributed by atoms with E-state index in [4.69, 9.17) is 11.6 Å². The molecule has 0 atom stereocenters. The van der Waals surface area contributed by atoms with E-state index in [0.29, 0.717) is 16.4 Å². The van der Waals surface area contributed by atoms with Gasteiger partial charge < -0.3 is 5.32 Å². The monoisotopic (exact) mass is 400 g/mol. The number of sulfonamides is 1. The molecule has 7 heteroatoms. The highest BCUT2D eigenvalue weighted by Crippen LogP contribution is 2.24. The Balaban J connectivity index is 1.92. The molecule has 0 bridgehead atoms. The lowest BCUT2D eigenvalue weighted by Crippen LogP contribution is -2.38. The van der Waals surface area contributed by atoms with E-state index in [0.717, 1.165) is 4.31 Å². The maximum Gasteiger partial charge on any atom is 0.264 e. The van der Waals surface area contributed by atoms with Gasteiger partial charge in [-0.25, -0.2) is 8.42 Å². The van der Waals surface area contributed by atoms with E-state index in [9.17, 15) is 13.2 Å². The van der Waals surface area contributed by atoms with Gasteiger partial charge in [-0.15, -0.1) is 0 Å².